The van der Waals surface area contributed by atoms with Gasteiger partial charge in [0, 0.05) is 18.5 Å². The van der Waals surface area contributed by atoms with Gasteiger partial charge in [-0.3, -0.25) is 4.79 Å². The molecule has 1 saturated heterocycles. The van der Waals surface area contributed by atoms with Crippen LogP contribution in [-0.2, 0) is 0 Å². The molecule has 120 valence electrons. The lowest BCUT2D eigenvalue weighted by molar-refractivity contribution is 0.0674. The Morgan fingerprint density at radius 3 is 2.74 bits per heavy atom. The summed E-state index contributed by atoms with van der Waals surface area (Å²) in [6, 6.07) is 7.44. The van der Waals surface area contributed by atoms with Crippen molar-refractivity contribution in [3.63, 3.8) is 0 Å². The molecule has 6 heteroatoms. The molecule has 0 unspecified atom stereocenters. The predicted octanol–water partition coefficient (Wildman–Crippen LogP) is 2.64. The van der Waals surface area contributed by atoms with Crippen LogP contribution in [0, 0.1) is 5.82 Å². The van der Waals surface area contributed by atoms with Gasteiger partial charge in [0.2, 0.25) is 5.76 Å². The van der Waals surface area contributed by atoms with Gasteiger partial charge in [-0.15, -0.1) is 0 Å². The third kappa shape index (κ3) is 2.74. The van der Waals surface area contributed by atoms with Crippen LogP contribution < -0.4 is 0 Å². The number of benzene rings is 1. The minimum absolute atomic E-state index is 0.202. The summed E-state index contributed by atoms with van der Waals surface area (Å²) in [6.07, 6.45) is 2.00. The molecule has 23 heavy (non-hydrogen) atoms. The summed E-state index contributed by atoms with van der Waals surface area (Å²) in [5.41, 5.74) is 1.63. The fourth-order valence-corrected chi connectivity index (χ4v) is 3.14. The highest BCUT2D eigenvalue weighted by Crippen LogP contribution is 2.40. The van der Waals surface area contributed by atoms with Crippen molar-refractivity contribution in [3.05, 3.63) is 53.2 Å². The number of aliphatic hydroxyl groups excluding tert-OH is 1. The van der Waals surface area contributed by atoms with E-state index >= 15 is 0 Å². The average Bonchev–Trinajstić information content (AvgIpc) is 3.14. The van der Waals surface area contributed by atoms with Crippen LogP contribution in [0.4, 0.5) is 4.39 Å². The maximum Gasteiger partial charge on any atom is 0.293 e. The molecule has 1 aliphatic heterocycles. The molecule has 1 aliphatic carbocycles. The van der Waals surface area contributed by atoms with E-state index in [1.807, 2.05) is 0 Å². The SMILES string of the molecule is O=C(c1cc(C2CC2)no1)N1C[C@H](O)C[C@H]1c1ccc(F)cc1. The van der Waals surface area contributed by atoms with E-state index < -0.39 is 6.10 Å². The molecule has 0 radical (unpaired) electrons. The number of carbonyl (C=O) groups excluding carboxylic acids is 1. The number of aromatic nitrogens is 1. The van der Waals surface area contributed by atoms with Gasteiger partial charge in [0.25, 0.3) is 5.91 Å². The van der Waals surface area contributed by atoms with Gasteiger partial charge in [0.1, 0.15) is 5.82 Å². The van der Waals surface area contributed by atoms with Crippen molar-refractivity contribution >= 4 is 5.91 Å². The van der Waals surface area contributed by atoms with Gasteiger partial charge in [0.15, 0.2) is 0 Å². The molecule has 4 rings (SSSR count). The number of hydrogen-bond donors (Lipinski definition) is 1. The minimum atomic E-state index is -0.597. The first-order valence-electron chi connectivity index (χ1n) is 7.83. The Morgan fingerprint density at radius 1 is 1.30 bits per heavy atom. The maximum absolute atomic E-state index is 13.1. The van der Waals surface area contributed by atoms with Crippen molar-refractivity contribution in [3.8, 4) is 0 Å². The van der Waals surface area contributed by atoms with Crippen molar-refractivity contribution in [1.82, 2.24) is 10.1 Å². The van der Waals surface area contributed by atoms with Gasteiger partial charge in [0.05, 0.1) is 17.8 Å². The summed E-state index contributed by atoms with van der Waals surface area (Å²) in [5, 5.41) is 13.9. The van der Waals surface area contributed by atoms with Crippen LogP contribution in [0.1, 0.15) is 53.0 Å². The molecule has 5 nitrogen and oxygen atoms in total. The Morgan fingerprint density at radius 2 is 2.04 bits per heavy atom. The number of nitrogens with zero attached hydrogens (tertiary/aromatic N) is 2. The van der Waals surface area contributed by atoms with Gasteiger partial charge in [-0.1, -0.05) is 17.3 Å². The fourth-order valence-electron chi connectivity index (χ4n) is 3.14. The Balaban J connectivity index is 1.59. The van der Waals surface area contributed by atoms with E-state index in [0.29, 0.717) is 12.3 Å². The molecular formula is C17H17FN2O3. The van der Waals surface area contributed by atoms with E-state index in [1.54, 1.807) is 23.1 Å². The van der Waals surface area contributed by atoms with Crippen LogP contribution in [0.5, 0.6) is 0 Å². The Labute approximate surface area is 132 Å². The molecule has 2 aliphatic rings. The average molecular weight is 316 g/mol. The van der Waals surface area contributed by atoms with Crippen molar-refractivity contribution < 1.29 is 18.8 Å². The summed E-state index contributed by atoms with van der Waals surface area (Å²) in [6.45, 7) is 0.236. The van der Waals surface area contributed by atoms with Crippen molar-refractivity contribution in [2.45, 2.75) is 37.3 Å². The van der Waals surface area contributed by atoms with Gasteiger partial charge < -0.3 is 14.5 Å². The highest BCUT2D eigenvalue weighted by Gasteiger charge is 2.38. The van der Waals surface area contributed by atoms with Crippen molar-refractivity contribution in [2.75, 3.05) is 6.54 Å². The highest BCUT2D eigenvalue weighted by molar-refractivity contribution is 5.92. The van der Waals surface area contributed by atoms with Crippen LogP contribution in [0.2, 0.25) is 0 Å². The second kappa shape index (κ2) is 5.45. The Hall–Kier alpha value is -2.21. The summed E-state index contributed by atoms with van der Waals surface area (Å²) < 4.78 is 18.3. The van der Waals surface area contributed by atoms with Crippen molar-refractivity contribution in [2.24, 2.45) is 0 Å². The summed E-state index contributed by atoms with van der Waals surface area (Å²) in [4.78, 5) is 14.3. The number of β-amino-alcohol motifs (C(OH)–C–C–N with tert-alkyl or cyclic N) is 1. The monoisotopic (exact) mass is 316 g/mol. The van der Waals surface area contributed by atoms with E-state index in [4.69, 9.17) is 4.52 Å². The molecule has 0 bridgehead atoms. The molecule has 1 saturated carbocycles. The second-order valence-corrected chi connectivity index (χ2v) is 6.30. The largest absolute Gasteiger partial charge is 0.391 e. The highest BCUT2D eigenvalue weighted by atomic mass is 19.1. The van der Waals surface area contributed by atoms with E-state index in [-0.39, 0.29) is 30.1 Å². The molecule has 2 fully saturated rings. The van der Waals surface area contributed by atoms with Crippen molar-refractivity contribution in [1.29, 1.82) is 0 Å². The normalized spacial score (nSPS) is 24.2. The number of aliphatic hydroxyl groups is 1. The van der Waals surface area contributed by atoms with Crippen LogP contribution in [0.3, 0.4) is 0 Å². The van der Waals surface area contributed by atoms with Crippen LogP contribution in [0.15, 0.2) is 34.9 Å². The Bertz CT molecular complexity index is 724. The topological polar surface area (TPSA) is 66.6 Å². The Kier molecular flexibility index (Phi) is 3.41. The third-order valence-electron chi connectivity index (χ3n) is 4.53. The lowest BCUT2D eigenvalue weighted by atomic mass is 10.0. The van der Waals surface area contributed by atoms with Crippen LogP contribution >= 0.6 is 0 Å². The quantitative estimate of drug-likeness (QED) is 0.945. The van der Waals surface area contributed by atoms with Crippen LogP contribution in [0.25, 0.3) is 0 Å². The first-order valence-corrected chi connectivity index (χ1v) is 7.83. The molecule has 2 atom stereocenters. The van der Waals surface area contributed by atoms with E-state index in [9.17, 15) is 14.3 Å². The lowest BCUT2D eigenvalue weighted by Crippen LogP contribution is -2.31. The van der Waals surface area contributed by atoms with Gasteiger partial charge >= 0.3 is 0 Å². The van der Waals surface area contributed by atoms with E-state index in [0.717, 1.165) is 24.1 Å². The molecule has 0 spiro atoms. The van der Waals surface area contributed by atoms with E-state index in [2.05, 4.69) is 5.16 Å². The number of amides is 1. The molecular weight excluding hydrogens is 299 g/mol. The molecule has 1 aromatic heterocycles. The van der Waals surface area contributed by atoms with E-state index in [1.165, 1.54) is 12.1 Å². The number of hydrogen-bond acceptors (Lipinski definition) is 4. The summed E-state index contributed by atoms with van der Waals surface area (Å²) >= 11 is 0. The van der Waals surface area contributed by atoms with Crippen LogP contribution in [-0.4, -0.2) is 33.7 Å². The molecule has 1 aromatic carbocycles. The van der Waals surface area contributed by atoms with Gasteiger partial charge in [-0.05, 0) is 37.0 Å². The standard InChI is InChI=1S/C17H17FN2O3/c18-12-5-3-11(4-6-12)15-7-13(21)9-20(15)17(22)16-8-14(19-23-16)10-1-2-10/h3-6,8,10,13,15,21H,1-2,7,9H2/t13-,15+/m1/s1. The number of halogens is 1. The smallest absolute Gasteiger partial charge is 0.293 e. The first-order chi connectivity index (χ1) is 11.1. The fraction of sp³-hybridized carbons (Fsp3) is 0.412. The zero-order valence-electron chi connectivity index (χ0n) is 12.5. The zero-order valence-corrected chi connectivity index (χ0v) is 12.5. The van der Waals surface area contributed by atoms with Gasteiger partial charge in [-0.2, -0.15) is 0 Å². The molecule has 1 amide bonds. The number of rotatable bonds is 3. The molecule has 1 N–H and O–H groups in total. The first kappa shape index (κ1) is 14.4. The molecule has 2 aromatic rings. The van der Waals surface area contributed by atoms with Gasteiger partial charge in [-0.25, -0.2) is 4.39 Å². The predicted molar refractivity (Wildman–Crippen MR) is 79.3 cm³/mol. The second-order valence-electron chi connectivity index (χ2n) is 6.30. The maximum atomic E-state index is 13.1. The minimum Gasteiger partial charge on any atom is -0.391 e. The number of carbonyl (C=O) groups is 1. The zero-order chi connectivity index (χ0) is 16.0. The lowest BCUT2D eigenvalue weighted by Gasteiger charge is -2.23. The summed E-state index contributed by atoms with van der Waals surface area (Å²) in [7, 11) is 0. The third-order valence-corrected chi connectivity index (χ3v) is 4.53. The summed E-state index contributed by atoms with van der Waals surface area (Å²) in [5.74, 6) is 0.00947. The molecule has 2 heterocycles. The number of likely N-dealkylation sites (tertiary alicyclic amines) is 1.